The van der Waals surface area contributed by atoms with E-state index in [4.69, 9.17) is 13.1 Å². The Bertz CT molecular complexity index is 2640. The average molecular weight is 787 g/mol. The van der Waals surface area contributed by atoms with E-state index in [0.29, 0.717) is 56.1 Å². The predicted molar refractivity (Wildman–Crippen MR) is 230 cm³/mol. The number of benzene rings is 7. The van der Waals surface area contributed by atoms with Gasteiger partial charge in [0.05, 0.1) is 57.6 Å². The number of anilines is 8. The molecule has 7 aromatic rings. The van der Waals surface area contributed by atoms with Gasteiger partial charge in [-0.25, -0.2) is 0 Å². The quantitative estimate of drug-likeness (QED) is 0.121. The number of rotatable bonds is 6. The van der Waals surface area contributed by atoms with Gasteiger partial charge in [0, 0.05) is 22.7 Å². The van der Waals surface area contributed by atoms with E-state index < -0.39 is 14.9 Å². The Morgan fingerprint density at radius 1 is 0.414 bits per heavy atom. The molecule has 0 N–H and O–H groups in total. The summed E-state index contributed by atoms with van der Waals surface area (Å²) in [5.74, 6) is 0. The van der Waals surface area contributed by atoms with Crippen LogP contribution in [0.3, 0.4) is 0 Å². The summed E-state index contributed by atoms with van der Waals surface area (Å²) in [5, 5.41) is 21.0. The molecule has 0 saturated carbocycles. The average Bonchev–Trinajstić information content (AvgIpc) is 3.70. The fraction of sp³-hybridized carbons (Fsp3) is 0. The van der Waals surface area contributed by atoms with E-state index in [1.165, 1.54) is 0 Å². The van der Waals surface area contributed by atoms with Crippen LogP contribution in [0.25, 0.3) is 9.69 Å². The molecule has 9 rings (SSSR count). The van der Waals surface area contributed by atoms with E-state index in [9.17, 15) is 10.5 Å². The predicted octanol–water partition coefficient (Wildman–Crippen LogP) is 12.1. The molecule has 58 heavy (non-hydrogen) atoms. The lowest BCUT2D eigenvalue weighted by Gasteiger charge is -2.35. The summed E-state index contributed by atoms with van der Waals surface area (Å²) in [6.45, 7) is 15.8. The highest BCUT2D eigenvalue weighted by Crippen LogP contribution is 2.72. The largest absolute Gasteiger partial charge is 0.301 e. The van der Waals surface area contributed by atoms with Gasteiger partial charge in [0.15, 0.2) is 11.4 Å². The standard InChI is InChI=1S/C46H28N8O2P2/c1-49-41-29-45-46(30-42(41)50-2)54(38-21-13-6-14-22-38)58(56,53(45)37-19-11-5-12-20-37)40-25-23-39(24-26-40)57(55)51(35-15-7-3-8-16-35)43-27-33(31-47)34(32-48)28-44(43)52(57)36-17-9-4-10-18-36/h3-30H. The first-order valence-electron chi connectivity index (χ1n) is 18.0. The Labute approximate surface area is 335 Å². The highest BCUT2D eigenvalue weighted by Gasteiger charge is 2.52. The first-order chi connectivity index (χ1) is 28.4. The maximum atomic E-state index is 16.5. The van der Waals surface area contributed by atoms with Gasteiger partial charge in [-0.05, 0) is 97.1 Å². The Balaban J connectivity index is 1.29. The van der Waals surface area contributed by atoms with E-state index in [0.717, 1.165) is 0 Å². The van der Waals surface area contributed by atoms with Gasteiger partial charge in [0.2, 0.25) is 0 Å². The second-order valence-electron chi connectivity index (χ2n) is 13.4. The summed E-state index contributed by atoms with van der Waals surface area (Å²) in [4.78, 5) is 7.31. The Kier molecular flexibility index (Phi) is 8.67. The van der Waals surface area contributed by atoms with Gasteiger partial charge in [-0.15, -0.1) is 0 Å². The summed E-state index contributed by atoms with van der Waals surface area (Å²) >= 11 is 0. The summed E-state index contributed by atoms with van der Waals surface area (Å²) in [6.07, 6.45) is 0. The molecule has 0 spiro atoms. The van der Waals surface area contributed by atoms with Crippen LogP contribution in [0.1, 0.15) is 11.1 Å². The van der Waals surface area contributed by atoms with Crippen molar-refractivity contribution in [3.05, 3.63) is 204 Å². The van der Waals surface area contributed by atoms with Gasteiger partial charge in [0.25, 0.3) is 0 Å². The number of hydrogen-bond acceptors (Lipinski definition) is 4. The molecule has 12 heteroatoms. The molecular formula is C46H28N8O2P2. The van der Waals surface area contributed by atoms with E-state index in [2.05, 4.69) is 21.8 Å². The van der Waals surface area contributed by atoms with Crippen molar-refractivity contribution >= 4 is 82.4 Å². The zero-order chi connectivity index (χ0) is 40.0. The van der Waals surface area contributed by atoms with Crippen molar-refractivity contribution in [3.63, 3.8) is 0 Å². The van der Waals surface area contributed by atoms with Crippen molar-refractivity contribution in [2.75, 3.05) is 18.7 Å². The molecule has 0 atom stereocenters. The second kappa shape index (κ2) is 14.0. The number of hydrogen-bond donors (Lipinski definition) is 0. The zero-order valence-electron chi connectivity index (χ0n) is 30.5. The van der Waals surface area contributed by atoms with Crippen molar-refractivity contribution < 1.29 is 9.13 Å². The molecule has 2 aliphatic rings. The molecule has 0 fully saturated rings. The Hall–Kier alpha value is -7.84. The third-order valence-electron chi connectivity index (χ3n) is 10.2. The van der Waals surface area contributed by atoms with Crippen LogP contribution >= 0.6 is 14.9 Å². The van der Waals surface area contributed by atoms with E-state index in [1.54, 1.807) is 67.2 Å². The van der Waals surface area contributed by atoms with Gasteiger partial charge < -0.3 is 0 Å². The van der Waals surface area contributed by atoms with Crippen LogP contribution in [0.5, 0.6) is 0 Å². The molecule has 0 aliphatic carbocycles. The van der Waals surface area contributed by atoms with Crippen LogP contribution in [-0.4, -0.2) is 0 Å². The third kappa shape index (κ3) is 5.30. The molecule has 7 aromatic carbocycles. The summed E-state index contributed by atoms with van der Waals surface area (Å²) in [6, 6.07) is 54.8. The highest BCUT2D eigenvalue weighted by molar-refractivity contribution is 7.76. The van der Waals surface area contributed by atoms with Gasteiger partial charge in [-0.1, -0.05) is 72.8 Å². The number of nitriles is 2. The van der Waals surface area contributed by atoms with Crippen LogP contribution in [0.15, 0.2) is 170 Å². The molecule has 0 bridgehead atoms. The maximum absolute atomic E-state index is 16.5. The minimum absolute atomic E-state index is 0.145. The molecule has 0 unspecified atom stereocenters. The van der Waals surface area contributed by atoms with Crippen LogP contribution in [0, 0.1) is 35.8 Å². The molecule has 274 valence electrons. The highest BCUT2D eigenvalue weighted by atomic mass is 31.2. The summed E-state index contributed by atoms with van der Waals surface area (Å²) in [7, 11) is -7.92. The van der Waals surface area contributed by atoms with Gasteiger partial charge in [-0.2, -0.15) is 10.5 Å². The number of nitrogens with zero attached hydrogens (tertiary/aromatic N) is 8. The van der Waals surface area contributed by atoms with Crippen molar-refractivity contribution in [2.24, 2.45) is 0 Å². The van der Waals surface area contributed by atoms with E-state index in [1.807, 2.05) is 121 Å². The number of fused-ring (bicyclic) bond motifs is 2. The Morgan fingerprint density at radius 3 is 0.914 bits per heavy atom. The minimum atomic E-state index is -3.96. The second-order valence-corrected chi connectivity index (χ2v) is 18.2. The number of para-hydroxylation sites is 4. The first kappa shape index (κ1) is 35.8. The summed E-state index contributed by atoms with van der Waals surface area (Å²) < 4.78 is 39.9. The molecule has 0 amide bonds. The van der Waals surface area contributed by atoms with Crippen molar-refractivity contribution in [1.82, 2.24) is 0 Å². The van der Waals surface area contributed by atoms with Crippen LogP contribution in [-0.2, 0) is 9.13 Å². The van der Waals surface area contributed by atoms with Crippen LogP contribution in [0.4, 0.5) is 56.9 Å². The maximum Gasteiger partial charge on any atom is 0.301 e. The Morgan fingerprint density at radius 2 is 0.672 bits per heavy atom. The molecule has 10 nitrogen and oxygen atoms in total. The van der Waals surface area contributed by atoms with Crippen molar-refractivity contribution in [2.45, 2.75) is 0 Å². The fourth-order valence-electron chi connectivity index (χ4n) is 7.70. The molecule has 0 saturated heterocycles. The van der Waals surface area contributed by atoms with Crippen LogP contribution in [0.2, 0.25) is 0 Å². The molecule has 0 radical (unpaired) electrons. The topological polar surface area (TPSA) is 103 Å². The third-order valence-corrected chi connectivity index (χ3v) is 16.1. The smallest absolute Gasteiger partial charge is 0.271 e. The summed E-state index contributed by atoms with van der Waals surface area (Å²) in [5.41, 5.74) is 5.06. The lowest BCUT2D eigenvalue weighted by molar-refractivity contribution is 0.581. The lowest BCUT2D eigenvalue weighted by Crippen LogP contribution is -2.29. The first-order valence-corrected chi connectivity index (χ1v) is 21.2. The van der Waals surface area contributed by atoms with Gasteiger partial charge in [0.1, 0.15) is 12.1 Å². The molecular weight excluding hydrogens is 759 g/mol. The minimum Gasteiger partial charge on any atom is -0.271 e. The normalized spacial score (nSPS) is 14.4. The molecule has 2 heterocycles. The van der Waals surface area contributed by atoms with E-state index >= 15 is 9.13 Å². The SMILES string of the molecule is [C-]#[N+]c1cc2c(cc1[N+]#[C-])N(c1ccccc1)P(=O)(c1ccc(P3(=O)N(c4ccccc4)c4cc(C#N)c(C#N)cc4N3c3ccccc3)cc1)N2c1ccccc1. The monoisotopic (exact) mass is 786 g/mol. The van der Waals surface area contributed by atoms with Gasteiger partial charge >= 0.3 is 14.9 Å². The molecule has 2 aliphatic heterocycles. The molecule has 0 aromatic heterocycles. The van der Waals surface area contributed by atoms with Gasteiger partial charge in [-0.3, -0.25) is 37.5 Å². The van der Waals surface area contributed by atoms with Crippen molar-refractivity contribution in [3.8, 4) is 12.1 Å². The van der Waals surface area contributed by atoms with Crippen molar-refractivity contribution in [1.29, 1.82) is 10.5 Å². The van der Waals surface area contributed by atoms with Crippen LogP contribution < -0.4 is 29.3 Å². The zero-order valence-corrected chi connectivity index (χ0v) is 32.2. The lowest BCUT2D eigenvalue weighted by atomic mass is 10.1. The van der Waals surface area contributed by atoms with E-state index in [-0.39, 0.29) is 22.5 Å². The fourth-order valence-corrected chi connectivity index (χ4v) is 13.7.